The monoisotopic (exact) mass is 394 g/mol. The summed E-state index contributed by atoms with van der Waals surface area (Å²) in [5.41, 5.74) is 7.15. The number of aryl methyl sites for hydroxylation is 4. The fourth-order valence-corrected chi connectivity index (χ4v) is 4.44. The highest BCUT2D eigenvalue weighted by Crippen LogP contribution is 2.25. The van der Waals surface area contributed by atoms with Gasteiger partial charge in [0.25, 0.3) is 10.0 Å². The van der Waals surface area contributed by atoms with Crippen molar-refractivity contribution in [1.29, 1.82) is 0 Å². The summed E-state index contributed by atoms with van der Waals surface area (Å²) < 4.78 is 28.2. The molecule has 0 aliphatic carbocycles. The quantitative estimate of drug-likeness (QED) is 0.594. The molecule has 0 saturated carbocycles. The Kier molecular flexibility index (Phi) is 5.75. The van der Waals surface area contributed by atoms with Gasteiger partial charge in [0.2, 0.25) is 0 Å². The van der Waals surface area contributed by atoms with Crippen molar-refractivity contribution in [3.05, 3.63) is 88.5 Å². The molecule has 146 valence electrons. The summed E-state index contributed by atoms with van der Waals surface area (Å²) in [6, 6.07) is 18.6. The second-order valence-corrected chi connectivity index (χ2v) is 8.89. The summed E-state index contributed by atoms with van der Waals surface area (Å²) in [7, 11) is -3.64. The first-order valence-electron chi connectivity index (χ1n) is 9.25. The molecule has 0 unspecified atom stereocenters. The zero-order valence-corrected chi connectivity index (χ0v) is 17.5. The Morgan fingerprint density at radius 1 is 0.786 bits per heavy atom. The topological polar surface area (TPSA) is 58.2 Å². The number of rotatable bonds is 6. The molecule has 3 aromatic rings. The molecule has 0 bridgehead atoms. The fourth-order valence-electron chi connectivity index (χ4n) is 3.34. The predicted octanol–water partition coefficient (Wildman–Crippen LogP) is 5.33. The maximum atomic E-state index is 12.8. The van der Waals surface area contributed by atoms with E-state index in [4.69, 9.17) is 0 Å². The Morgan fingerprint density at radius 2 is 1.39 bits per heavy atom. The first kappa shape index (κ1) is 20.0. The number of benzene rings is 3. The number of para-hydroxylation sites is 1. The SMILES string of the molecule is Cc1ccc(S(=O)(=O)Nc2ccccc2CNc2c(C)cc(C)cc2C)cc1. The first-order chi connectivity index (χ1) is 13.3. The molecule has 0 heterocycles. The van der Waals surface area contributed by atoms with Crippen LogP contribution < -0.4 is 10.0 Å². The van der Waals surface area contributed by atoms with Crippen LogP contribution in [-0.2, 0) is 16.6 Å². The molecular weight excluding hydrogens is 368 g/mol. The molecule has 0 amide bonds. The van der Waals surface area contributed by atoms with Gasteiger partial charge in [0.15, 0.2) is 0 Å². The van der Waals surface area contributed by atoms with Crippen LogP contribution in [0.25, 0.3) is 0 Å². The number of hydrogen-bond acceptors (Lipinski definition) is 3. The van der Waals surface area contributed by atoms with E-state index in [9.17, 15) is 8.42 Å². The number of anilines is 2. The van der Waals surface area contributed by atoms with E-state index in [-0.39, 0.29) is 4.90 Å². The second kappa shape index (κ2) is 8.07. The second-order valence-electron chi connectivity index (χ2n) is 7.20. The van der Waals surface area contributed by atoms with E-state index < -0.39 is 10.0 Å². The summed E-state index contributed by atoms with van der Waals surface area (Å²) in [5.74, 6) is 0. The smallest absolute Gasteiger partial charge is 0.261 e. The molecule has 0 aliphatic rings. The molecular formula is C23H26N2O2S. The van der Waals surface area contributed by atoms with Crippen molar-refractivity contribution in [2.24, 2.45) is 0 Å². The molecule has 0 fully saturated rings. The van der Waals surface area contributed by atoms with Crippen LogP contribution >= 0.6 is 0 Å². The van der Waals surface area contributed by atoms with Crippen molar-refractivity contribution >= 4 is 21.4 Å². The van der Waals surface area contributed by atoms with Gasteiger partial charge in [-0.15, -0.1) is 0 Å². The normalized spacial score (nSPS) is 11.3. The zero-order valence-electron chi connectivity index (χ0n) is 16.7. The Morgan fingerprint density at radius 3 is 2.04 bits per heavy atom. The number of nitrogens with one attached hydrogen (secondary N) is 2. The Bertz CT molecular complexity index is 1060. The highest BCUT2D eigenvalue weighted by molar-refractivity contribution is 7.92. The van der Waals surface area contributed by atoms with Gasteiger partial charge in [-0.2, -0.15) is 0 Å². The van der Waals surface area contributed by atoms with Gasteiger partial charge in [0.05, 0.1) is 10.6 Å². The highest BCUT2D eigenvalue weighted by atomic mass is 32.2. The van der Waals surface area contributed by atoms with E-state index in [2.05, 4.69) is 42.9 Å². The van der Waals surface area contributed by atoms with Crippen LogP contribution in [0.15, 0.2) is 65.6 Å². The van der Waals surface area contributed by atoms with E-state index in [0.29, 0.717) is 12.2 Å². The van der Waals surface area contributed by atoms with Gasteiger partial charge >= 0.3 is 0 Å². The van der Waals surface area contributed by atoms with Crippen LogP contribution in [0.5, 0.6) is 0 Å². The van der Waals surface area contributed by atoms with Gasteiger partial charge < -0.3 is 5.32 Å². The molecule has 0 aliphatic heterocycles. The lowest BCUT2D eigenvalue weighted by Gasteiger charge is -2.17. The molecule has 4 nitrogen and oxygen atoms in total. The van der Waals surface area contributed by atoms with Gasteiger partial charge in [-0.1, -0.05) is 53.6 Å². The van der Waals surface area contributed by atoms with Crippen LogP contribution in [0, 0.1) is 27.7 Å². The molecule has 28 heavy (non-hydrogen) atoms. The third kappa shape index (κ3) is 4.54. The first-order valence-corrected chi connectivity index (χ1v) is 10.7. The van der Waals surface area contributed by atoms with Gasteiger partial charge in [-0.05, 0) is 62.6 Å². The maximum absolute atomic E-state index is 12.8. The minimum absolute atomic E-state index is 0.256. The Labute approximate surface area is 167 Å². The highest BCUT2D eigenvalue weighted by Gasteiger charge is 2.16. The number of sulfonamides is 1. The lowest BCUT2D eigenvalue weighted by atomic mass is 10.0. The molecule has 0 atom stereocenters. The van der Waals surface area contributed by atoms with Crippen LogP contribution in [0.3, 0.4) is 0 Å². The average molecular weight is 395 g/mol. The number of hydrogen-bond donors (Lipinski definition) is 2. The molecule has 3 aromatic carbocycles. The minimum Gasteiger partial charge on any atom is -0.380 e. The van der Waals surface area contributed by atoms with Crippen molar-refractivity contribution in [1.82, 2.24) is 0 Å². The fraction of sp³-hybridized carbons (Fsp3) is 0.217. The molecule has 0 saturated heterocycles. The zero-order chi connectivity index (χ0) is 20.3. The molecule has 2 N–H and O–H groups in total. The van der Waals surface area contributed by atoms with Crippen molar-refractivity contribution in [2.75, 3.05) is 10.0 Å². The molecule has 0 radical (unpaired) electrons. The summed E-state index contributed by atoms with van der Waals surface area (Å²) in [4.78, 5) is 0.256. The molecule has 5 heteroatoms. The van der Waals surface area contributed by atoms with Gasteiger partial charge in [0, 0.05) is 12.2 Å². The molecule has 0 spiro atoms. The minimum atomic E-state index is -3.64. The van der Waals surface area contributed by atoms with Gasteiger partial charge in [0.1, 0.15) is 0 Å². The van der Waals surface area contributed by atoms with E-state index in [1.165, 1.54) is 16.7 Å². The third-order valence-electron chi connectivity index (χ3n) is 4.73. The van der Waals surface area contributed by atoms with Crippen LogP contribution in [-0.4, -0.2) is 8.42 Å². The van der Waals surface area contributed by atoms with E-state index in [0.717, 1.165) is 16.8 Å². The standard InChI is InChI=1S/C23H26N2O2S/c1-16-9-11-21(12-10-16)28(26,27)25-22-8-6-5-7-20(22)15-24-23-18(3)13-17(2)14-19(23)4/h5-14,24-25H,15H2,1-4H3. The predicted molar refractivity (Wildman–Crippen MR) is 116 cm³/mol. The summed E-state index contributed by atoms with van der Waals surface area (Å²) in [5, 5.41) is 3.46. The Balaban J connectivity index is 1.83. The molecule has 0 aromatic heterocycles. The van der Waals surface area contributed by atoms with E-state index in [1.807, 2.05) is 25.1 Å². The summed E-state index contributed by atoms with van der Waals surface area (Å²) in [6.45, 7) is 8.69. The van der Waals surface area contributed by atoms with Crippen molar-refractivity contribution in [2.45, 2.75) is 39.1 Å². The summed E-state index contributed by atoms with van der Waals surface area (Å²) in [6.07, 6.45) is 0. The maximum Gasteiger partial charge on any atom is 0.261 e. The van der Waals surface area contributed by atoms with Crippen LogP contribution in [0.4, 0.5) is 11.4 Å². The Hall–Kier alpha value is -2.79. The van der Waals surface area contributed by atoms with Crippen LogP contribution in [0.1, 0.15) is 27.8 Å². The van der Waals surface area contributed by atoms with E-state index >= 15 is 0 Å². The summed E-state index contributed by atoms with van der Waals surface area (Å²) >= 11 is 0. The van der Waals surface area contributed by atoms with Crippen molar-refractivity contribution in [3.63, 3.8) is 0 Å². The lowest BCUT2D eigenvalue weighted by Crippen LogP contribution is -2.15. The lowest BCUT2D eigenvalue weighted by molar-refractivity contribution is 0.601. The van der Waals surface area contributed by atoms with Crippen LogP contribution in [0.2, 0.25) is 0 Å². The molecule has 3 rings (SSSR count). The van der Waals surface area contributed by atoms with Gasteiger partial charge in [-0.25, -0.2) is 8.42 Å². The van der Waals surface area contributed by atoms with Crippen molar-refractivity contribution in [3.8, 4) is 0 Å². The van der Waals surface area contributed by atoms with E-state index in [1.54, 1.807) is 30.3 Å². The third-order valence-corrected chi connectivity index (χ3v) is 6.11. The largest absolute Gasteiger partial charge is 0.380 e. The van der Waals surface area contributed by atoms with Crippen molar-refractivity contribution < 1.29 is 8.42 Å². The van der Waals surface area contributed by atoms with Gasteiger partial charge in [-0.3, -0.25) is 4.72 Å². The average Bonchev–Trinajstić information content (AvgIpc) is 2.62.